The van der Waals surface area contributed by atoms with Crippen molar-refractivity contribution in [2.45, 2.75) is 13.0 Å². The lowest BCUT2D eigenvalue weighted by Crippen LogP contribution is -2.04. The molecule has 0 amide bonds. The van der Waals surface area contributed by atoms with Gasteiger partial charge in [-0.3, -0.25) is 0 Å². The predicted molar refractivity (Wildman–Crippen MR) is 72.1 cm³/mol. The van der Waals surface area contributed by atoms with E-state index in [1.54, 1.807) is 7.11 Å². The van der Waals surface area contributed by atoms with Gasteiger partial charge in [0.25, 0.3) is 0 Å². The average Bonchev–Trinajstić information content (AvgIpc) is 2.39. The van der Waals surface area contributed by atoms with Crippen molar-refractivity contribution in [2.75, 3.05) is 7.11 Å². The largest absolute Gasteiger partial charge is 0.497 e. The molecule has 2 aromatic rings. The van der Waals surface area contributed by atoms with Crippen LogP contribution in [0.15, 0.2) is 48.5 Å². The van der Waals surface area contributed by atoms with Crippen molar-refractivity contribution in [1.82, 2.24) is 0 Å². The van der Waals surface area contributed by atoms with E-state index in [0.29, 0.717) is 0 Å². The number of hydrogen-bond acceptors (Lipinski definition) is 3. The first-order valence-corrected chi connectivity index (χ1v) is 5.86. The second kappa shape index (κ2) is 5.56. The summed E-state index contributed by atoms with van der Waals surface area (Å²) in [7, 11) is 1.63. The Kier molecular flexibility index (Phi) is 3.85. The second-order valence-electron chi connectivity index (χ2n) is 4.14. The highest BCUT2D eigenvalue weighted by Crippen LogP contribution is 2.26. The summed E-state index contributed by atoms with van der Waals surface area (Å²) in [5.74, 6) is 2.30. The van der Waals surface area contributed by atoms with Gasteiger partial charge in [-0.15, -0.1) is 0 Å². The van der Waals surface area contributed by atoms with Gasteiger partial charge in [-0.1, -0.05) is 18.2 Å². The van der Waals surface area contributed by atoms with Crippen LogP contribution in [-0.4, -0.2) is 7.11 Å². The van der Waals surface area contributed by atoms with E-state index in [9.17, 15) is 0 Å². The van der Waals surface area contributed by atoms with Gasteiger partial charge in [0.15, 0.2) is 0 Å². The van der Waals surface area contributed by atoms with Gasteiger partial charge in [0.05, 0.1) is 7.11 Å². The van der Waals surface area contributed by atoms with Crippen molar-refractivity contribution in [1.29, 1.82) is 0 Å². The van der Waals surface area contributed by atoms with Gasteiger partial charge in [0.1, 0.15) is 17.2 Å². The number of benzene rings is 2. The Morgan fingerprint density at radius 2 is 1.56 bits per heavy atom. The van der Waals surface area contributed by atoms with Gasteiger partial charge < -0.3 is 15.2 Å². The lowest BCUT2D eigenvalue weighted by Gasteiger charge is -2.10. The van der Waals surface area contributed by atoms with E-state index in [1.807, 2.05) is 55.5 Å². The van der Waals surface area contributed by atoms with Gasteiger partial charge in [-0.25, -0.2) is 0 Å². The summed E-state index contributed by atoms with van der Waals surface area (Å²) in [4.78, 5) is 0. The SMILES string of the molecule is COc1cccc(Oc2cccc(C(C)N)c2)c1. The van der Waals surface area contributed by atoms with E-state index >= 15 is 0 Å². The molecule has 0 fully saturated rings. The molecule has 0 aliphatic rings. The Morgan fingerprint density at radius 3 is 2.22 bits per heavy atom. The fraction of sp³-hybridized carbons (Fsp3) is 0.200. The third-order valence-corrected chi connectivity index (χ3v) is 2.66. The topological polar surface area (TPSA) is 44.5 Å². The summed E-state index contributed by atoms with van der Waals surface area (Å²) in [6.07, 6.45) is 0. The quantitative estimate of drug-likeness (QED) is 0.893. The first-order valence-electron chi connectivity index (χ1n) is 5.86. The molecule has 0 aliphatic heterocycles. The molecule has 3 heteroatoms. The maximum Gasteiger partial charge on any atom is 0.131 e. The van der Waals surface area contributed by atoms with Gasteiger partial charge in [-0.2, -0.15) is 0 Å². The highest BCUT2D eigenvalue weighted by Gasteiger charge is 2.03. The Balaban J connectivity index is 2.20. The van der Waals surface area contributed by atoms with Crippen LogP contribution in [0.25, 0.3) is 0 Å². The van der Waals surface area contributed by atoms with Gasteiger partial charge in [0.2, 0.25) is 0 Å². The number of nitrogens with two attached hydrogens (primary N) is 1. The van der Waals surface area contributed by atoms with Crippen LogP contribution in [0.4, 0.5) is 0 Å². The van der Waals surface area contributed by atoms with Crippen LogP contribution < -0.4 is 15.2 Å². The van der Waals surface area contributed by atoms with E-state index < -0.39 is 0 Å². The summed E-state index contributed by atoms with van der Waals surface area (Å²) in [5.41, 5.74) is 6.90. The lowest BCUT2D eigenvalue weighted by molar-refractivity contribution is 0.409. The third-order valence-electron chi connectivity index (χ3n) is 2.66. The Hall–Kier alpha value is -2.00. The molecule has 94 valence electrons. The standard InChI is InChI=1S/C15H17NO2/c1-11(16)12-5-3-7-14(9-12)18-15-8-4-6-13(10-15)17-2/h3-11H,16H2,1-2H3. The van der Waals surface area contributed by atoms with Crippen molar-refractivity contribution in [3.05, 3.63) is 54.1 Å². The number of ether oxygens (including phenoxy) is 2. The number of hydrogen-bond donors (Lipinski definition) is 1. The lowest BCUT2D eigenvalue weighted by atomic mass is 10.1. The molecule has 2 N–H and O–H groups in total. The van der Waals surface area contributed by atoms with Crippen LogP contribution in [0.3, 0.4) is 0 Å². The summed E-state index contributed by atoms with van der Waals surface area (Å²) in [6.45, 7) is 1.95. The number of methoxy groups -OCH3 is 1. The molecule has 3 nitrogen and oxygen atoms in total. The molecule has 2 rings (SSSR count). The predicted octanol–water partition coefficient (Wildman–Crippen LogP) is 3.51. The summed E-state index contributed by atoms with van der Waals surface area (Å²) in [5, 5.41) is 0. The molecular formula is C15H17NO2. The second-order valence-corrected chi connectivity index (χ2v) is 4.14. The molecule has 0 aliphatic carbocycles. The zero-order valence-corrected chi connectivity index (χ0v) is 10.6. The number of rotatable bonds is 4. The van der Waals surface area contributed by atoms with E-state index in [0.717, 1.165) is 22.8 Å². The van der Waals surface area contributed by atoms with Crippen molar-refractivity contribution < 1.29 is 9.47 Å². The van der Waals surface area contributed by atoms with Crippen molar-refractivity contribution in [2.24, 2.45) is 5.73 Å². The molecule has 18 heavy (non-hydrogen) atoms. The Bertz CT molecular complexity index is 523. The van der Waals surface area contributed by atoms with Crippen LogP contribution >= 0.6 is 0 Å². The van der Waals surface area contributed by atoms with E-state index in [2.05, 4.69) is 0 Å². The Labute approximate surface area is 107 Å². The van der Waals surface area contributed by atoms with Crippen LogP contribution in [0.5, 0.6) is 17.2 Å². The van der Waals surface area contributed by atoms with E-state index in [1.165, 1.54) is 0 Å². The highest BCUT2D eigenvalue weighted by molar-refractivity contribution is 5.38. The molecule has 0 saturated carbocycles. The molecule has 0 bridgehead atoms. The fourth-order valence-corrected chi connectivity index (χ4v) is 1.66. The molecular weight excluding hydrogens is 226 g/mol. The zero-order valence-electron chi connectivity index (χ0n) is 10.6. The molecule has 1 atom stereocenters. The van der Waals surface area contributed by atoms with Gasteiger partial charge >= 0.3 is 0 Å². The molecule has 1 unspecified atom stereocenters. The smallest absolute Gasteiger partial charge is 0.131 e. The molecule has 0 aromatic heterocycles. The minimum Gasteiger partial charge on any atom is -0.497 e. The maximum absolute atomic E-state index is 5.85. The van der Waals surface area contributed by atoms with Crippen molar-refractivity contribution >= 4 is 0 Å². The zero-order chi connectivity index (χ0) is 13.0. The summed E-state index contributed by atoms with van der Waals surface area (Å²) in [6, 6.07) is 15.3. The van der Waals surface area contributed by atoms with Crippen LogP contribution in [-0.2, 0) is 0 Å². The summed E-state index contributed by atoms with van der Waals surface area (Å²) >= 11 is 0. The fourth-order valence-electron chi connectivity index (χ4n) is 1.66. The van der Waals surface area contributed by atoms with Gasteiger partial charge in [-0.05, 0) is 36.8 Å². The molecule has 0 saturated heterocycles. The maximum atomic E-state index is 5.85. The van der Waals surface area contributed by atoms with Crippen molar-refractivity contribution in [3.63, 3.8) is 0 Å². The normalized spacial score (nSPS) is 11.9. The monoisotopic (exact) mass is 243 g/mol. The van der Waals surface area contributed by atoms with E-state index in [-0.39, 0.29) is 6.04 Å². The minimum atomic E-state index is -0.00106. The van der Waals surface area contributed by atoms with Crippen LogP contribution in [0.1, 0.15) is 18.5 Å². The molecule has 0 radical (unpaired) electrons. The van der Waals surface area contributed by atoms with E-state index in [4.69, 9.17) is 15.2 Å². The van der Waals surface area contributed by atoms with Crippen molar-refractivity contribution in [3.8, 4) is 17.2 Å². The molecule has 0 spiro atoms. The van der Waals surface area contributed by atoms with Gasteiger partial charge in [0, 0.05) is 12.1 Å². The van der Waals surface area contributed by atoms with Crippen LogP contribution in [0.2, 0.25) is 0 Å². The average molecular weight is 243 g/mol. The first-order chi connectivity index (χ1) is 8.69. The third kappa shape index (κ3) is 3.02. The minimum absolute atomic E-state index is 0.00106. The highest BCUT2D eigenvalue weighted by atomic mass is 16.5. The molecule has 2 aromatic carbocycles. The van der Waals surface area contributed by atoms with Crippen LogP contribution in [0, 0.1) is 0 Å². The Morgan fingerprint density at radius 1 is 0.944 bits per heavy atom. The first kappa shape index (κ1) is 12.5. The molecule has 0 heterocycles. The summed E-state index contributed by atoms with van der Waals surface area (Å²) < 4.78 is 10.9.